The Balaban J connectivity index is 0.000000851. The monoisotopic (exact) mass is 2000 g/mol. The van der Waals surface area contributed by atoms with Gasteiger partial charge in [-0.2, -0.15) is 0 Å². The Morgan fingerprint density at radius 1 is 0.430 bits per heavy atom. The minimum Gasteiger partial charge on any atom is -0.479 e. The molecule has 4 heterocycles. The van der Waals surface area contributed by atoms with E-state index in [1.807, 2.05) is 6.92 Å². The number of Topliss-reactive ketones (excluding diaryl/α,β-unsaturated/α-hetero) is 1. The standard InChI is InChI=1S/C45H86N6O24P2.C18H33N3O9.C16H27NO11/c1-38(37-49-41(54)16-6-12-23-75-77(62,63)73-21-10-4-8-18-47-43(56)69-33-29-65-26-27-67-31-35-71-45(58)59)36-48-40(53)15-5-11-22-74-76(60,61)72-20-9-3-7-17-46-42(55)68-32-28-64-24-25-66-30-34-70-44(57)51-50-19-13-14-39(2)52;1-7-8(2)15(17(25)26)29-18(13(7)23)30-16-12(20-10(4)22)9(3)28-11(14(16)24)6-27-21-19-5;1-5-8(17-6(2)19)12(9(20)7(4-18)26-5)27-16-11(22)10(21)13(25-3)14(28-16)15(23)24/h38,50H,3-37H2,1-2H3,(H,46,55)(H,47,56)(H,48,53)(H,49,54)(H,51,57)(H,58,59)(H,60,61)(H,62,63);7-9,11-16,18-19,21,23-24H,6H2,1-5H3,(H,20,22)(H,25,26);5,7-14,16,18,20-22H,4H2,1-3H3,(H,17,19)(H,23,24)/t;7-,8-,9-,11?,12?,13?,14+,15?,16+,18-;5-,7?,8?,9+,10+,11?,12+,13-,14?,16+/m.00/s1. The fourth-order valence-electron chi connectivity index (χ4n) is 12.9. The van der Waals surface area contributed by atoms with Crippen molar-refractivity contribution in [3.8, 4) is 0 Å². The van der Waals surface area contributed by atoms with Gasteiger partial charge in [-0.15, -0.1) is 5.59 Å². The van der Waals surface area contributed by atoms with Crippen LogP contribution in [0.15, 0.2) is 0 Å². The summed E-state index contributed by atoms with van der Waals surface area (Å²) in [5, 5.41) is 105. The largest absolute Gasteiger partial charge is 0.505 e. The number of hydrogen-bond acceptors (Lipinski definition) is 42. The summed E-state index contributed by atoms with van der Waals surface area (Å²) in [6.07, 6.45) is -16.9. The predicted octanol–water partition coefficient (Wildman–Crippen LogP) is -1.70. The first kappa shape index (κ1) is 124. The third-order valence-corrected chi connectivity index (χ3v) is 22.3. The van der Waals surface area contributed by atoms with E-state index in [0.29, 0.717) is 110 Å². The van der Waals surface area contributed by atoms with Crippen LogP contribution in [0, 0.1) is 17.8 Å². The quantitative estimate of drug-likeness (QED) is 0.0106. The topological polar surface area (TPSA) is 749 Å². The number of carboxylic acids is 2. The highest BCUT2D eigenvalue weighted by molar-refractivity contribution is 7.47. The minimum absolute atomic E-state index is 0.0281. The summed E-state index contributed by atoms with van der Waals surface area (Å²) in [7, 11) is -5.78. The molecule has 0 aromatic rings. The van der Waals surface area contributed by atoms with Gasteiger partial charge in [0.25, 0.3) is 0 Å². The Hall–Kier alpha value is -7.05. The first-order valence-corrected chi connectivity index (χ1v) is 47.5. The molecule has 0 spiro atoms. The number of phosphoric acid groups is 2. The van der Waals surface area contributed by atoms with Gasteiger partial charge in [0.2, 0.25) is 23.6 Å². The number of carboxylic acid groups (broad SMARTS) is 3. The molecule has 4 aliphatic heterocycles. The number of carbonyl (C=O) groups excluding carboxylic acids is 8. The van der Waals surface area contributed by atoms with Crippen LogP contribution in [-0.4, -0.2) is 397 Å². The van der Waals surface area contributed by atoms with E-state index in [1.54, 1.807) is 34.7 Å². The molecule has 23 atom stereocenters. The van der Waals surface area contributed by atoms with E-state index in [4.69, 9.17) is 94.4 Å². The van der Waals surface area contributed by atoms with E-state index in [1.165, 1.54) is 20.8 Å². The van der Waals surface area contributed by atoms with Gasteiger partial charge in [-0.05, 0) is 109 Å². The average molecular weight is 2000 g/mol. The molecule has 4 aliphatic rings. The first-order valence-electron chi connectivity index (χ1n) is 44.5. The number of carbonyl (C=O) groups is 11. The molecule has 0 aromatic carbocycles. The second-order valence-electron chi connectivity index (χ2n) is 31.4. The maximum atomic E-state index is 12.3. The molecule has 0 aliphatic carbocycles. The van der Waals surface area contributed by atoms with Crippen LogP contribution in [0.3, 0.4) is 0 Å². The second kappa shape index (κ2) is 71.4. The summed E-state index contributed by atoms with van der Waals surface area (Å²) in [5.74, 6) is -4.74. The Morgan fingerprint density at radius 3 is 1.25 bits per heavy atom. The number of rotatable bonds is 67. The van der Waals surface area contributed by atoms with Crippen molar-refractivity contribution in [2.75, 3.05) is 166 Å². The highest BCUT2D eigenvalue weighted by Crippen LogP contribution is 2.45. The molecule has 0 aromatic heterocycles. The lowest BCUT2D eigenvalue weighted by Crippen LogP contribution is -2.67. The predicted molar refractivity (Wildman–Crippen MR) is 463 cm³/mol. The third-order valence-electron chi connectivity index (χ3n) is 20.3. The van der Waals surface area contributed by atoms with Crippen LogP contribution in [0.25, 0.3) is 0 Å². The van der Waals surface area contributed by atoms with Crippen LogP contribution < -0.4 is 53.8 Å². The summed E-state index contributed by atoms with van der Waals surface area (Å²) in [5.41, 5.74) is 9.99. The van der Waals surface area contributed by atoms with Crippen molar-refractivity contribution < 1.29 is 212 Å². The van der Waals surface area contributed by atoms with Crippen molar-refractivity contribution in [1.82, 2.24) is 53.8 Å². The Morgan fingerprint density at radius 2 is 0.837 bits per heavy atom. The van der Waals surface area contributed by atoms with Crippen molar-refractivity contribution in [3.63, 3.8) is 0 Å². The van der Waals surface area contributed by atoms with Crippen LogP contribution in [0.5, 0.6) is 0 Å². The number of aliphatic carboxylic acids is 2. The fourth-order valence-corrected chi connectivity index (χ4v) is 14.5. The lowest BCUT2D eigenvalue weighted by atomic mass is 9.83. The van der Waals surface area contributed by atoms with Gasteiger partial charge in [-0.25, -0.2) is 48.7 Å². The van der Waals surface area contributed by atoms with Crippen molar-refractivity contribution in [2.24, 2.45) is 17.8 Å². The normalized spacial score (nSPS) is 25.9. The first-order chi connectivity index (χ1) is 64.1. The number of ether oxygens (including phenoxy) is 15. The number of unbranched alkanes of at least 4 members (excludes halogenated alkanes) is 6. The van der Waals surface area contributed by atoms with Crippen LogP contribution in [0.1, 0.15) is 145 Å². The van der Waals surface area contributed by atoms with E-state index in [2.05, 4.69) is 58.5 Å². The molecule has 4 saturated heterocycles. The van der Waals surface area contributed by atoms with Crippen molar-refractivity contribution in [1.29, 1.82) is 0 Å². The number of ketones is 1. The molecule has 56 heteroatoms. The lowest BCUT2D eigenvalue weighted by Gasteiger charge is -2.47. The van der Waals surface area contributed by atoms with Crippen molar-refractivity contribution in [2.45, 2.75) is 255 Å². The fraction of sp³-hybridized carbons (Fsp3) is 0.861. The van der Waals surface area contributed by atoms with Gasteiger partial charge in [-0.1, -0.05) is 20.8 Å². The number of nitrogens with one attached hydrogen (secondary N) is 10. The maximum Gasteiger partial charge on any atom is 0.505 e. The van der Waals surface area contributed by atoms with E-state index < -0.39 is 186 Å². The zero-order valence-electron chi connectivity index (χ0n) is 78.1. The Kier molecular flexibility index (Phi) is 65.6. The molecule has 4 fully saturated rings. The molecule has 4 rings (SSSR count). The summed E-state index contributed by atoms with van der Waals surface area (Å²) >= 11 is 0. The highest BCUT2D eigenvalue weighted by Gasteiger charge is 2.54. The van der Waals surface area contributed by atoms with E-state index in [9.17, 15) is 113 Å². The molecule has 0 radical (unpaired) electrons. The maximum absolute atomic E-state index is 12.3. The summed E-state index contributed by atoms with van der Waals surface area (Å²) in [6.45, 7) is 15.0. The Bertz CT molecular complexity index is 3480. The van der Waals surface area contributed by atoms with Gasteiger partial charge in [0.1, 0.15) is 93.3 Å². The summed E-state index contributed by atoms with van der Waals surface area (Å²) in [6, 6.07) is -1.66. The number of hydrazine groups is 2. The van der Waals surface area contributed by atoms with Crippen LogP contribution in [-0.2, 0) is 137 Å². The van der Waals surface area contributed by atoms with Gasteiger partial charge in [0.15, 0.2) is 24.8 Å². The van der Waals surface area contributed by atoms with Gasteiger partial charge in [0, 0.05) is 80.0 Å². The molecule has 135 heavy (non-hydrogen) atoms. The molecule has 11 unspecified atom stereocenters. The molecule has 786 valence electrons. The zero-order valence-corrected chi connectivity index (χ0v) is 79.9. The number of alkyl carbamates (subject to hydrolysis) is 2. The second-order valence-corrected chi connectivity index (χ2v) is 34.3. The smallest absolute Gasteiger partial charge is 0.479 e. The SMILES string of the molecule is CC(=O)CCCNNC(=O)OCCOCCOCCOC(=O)NCCCCCOP(=O)(O)OCCCCC(=O)NCC(C)CNC(=O)CCCCOP(=O)(O)OCCCCCNC(=O)OCCOCCOCCOC(=O)O.CNNOCC1O[C@@H](C)C(NC(C)=O)[C@@H](O[C@@H]2OC(C(=O)O)[C@@H](C)[C@H](C)C2O)[C@@H]1O.CO[C@@H]1C(C(=O)O)O[C@@H](O[C@@H]2C(NC(C)=O)[C@H](C)OC(CO)[C@H]2O)C(O)[C@H]1O. The van der Waals surface area contributed by atoms with E-state index >= 15 is 0 Å². The Labute approximate surface area is 782 Å². The van der Waals surface area contributed by atoms with Crippen molar-refractivity contribution >= 4 is 81.4 Å². The molecule has 7 amide bonds. The molecule has 54 nitrogen and oxygen atoms in total. The zero-order chi connectivity index (χ0) is 101. The number of hydrogen-bond donors (Lipinski definition) is 21. The number of aliphatic hydroxyl groups is 6. The van der Waals surface area contributed by atoms with Crippen LogP contribution in [0.2, 0.25) is 0 Å². The number of amides is 7. The molecule has 21 N–H and O–H groups in total. The summed E-state index contributed by atoms with van der Waals surface area (Å²) < 4.78 is 123. The van der Waals surface area contributed by atoms with Gasteiger partial charge in [-0.3, -0.25) is 47.5 Å². The van der Waals surface area contributed by atoms with Gasteiger partial charge < -0.3 is 163 Å². The third kappa shape index (κ3) is 54.9. The molecular weight excluding hydrogens is 1850 g/mol. The molecule has 0 saturated carbocycles. The van der Waals surface area contributed by atoms with Gasteiger partial charge in [0.05, 0.1) is 117 Å². The lowest BCUT2D eigenvalue weighted by molar-refractivity contribution is -0.327. The number of phosphoric ester groups is 2. The van der Waals surface area contributed by atoms with Gasteiger partial charge >= 0.3 is 52.0 Å². The average Bonchev–Trinajstić information content (AvgIpc) is 0.782. The van der Waals surface area contributed by atoms with Crippen LogP contribution >= 0.6 is 15.6 Å². The highest BCUT2D eigenvalue weighted by atomic mass is 31.2. The molecule has 0 bridgehead atoms. The minimum atomic E-state index is -4.27. The van der Waals surface area contributed by atoms with Crippen LogP contribution in [0.4, 0.5) is 19.2 Å². The summed E-state index contributed by atoms with van der Waals surface area (Å²) in [4.78, 5) is 152. The number of methoxy groups -OCH3 is 1. The van der Waals surface area contributed by atoms with E-state index in [0.717, 1.165) is 7.11 Å². The number of aliphatic hydroxyl groups excluding tert-OH is 6. The van der Waals surface area contributed by atoms with E-state index in [-0.39, 0.29) is 155 Å². The van der Waals surface area contributed by atoms with Crippen molar-refractivity contribution in [3.05, 3.63) is 0 Å². The molecular formula is C79H146N10O44P2.